The minimum atomic E-state index is -0.585. The van der Waals surface area contributed by atoms with E-state index in [4.69, 9.17) is 9.47 Å². The first-order chi connectivity index (χ1) is 23.6. The second-order valence-electron chi connectivity index (χ2n) is 15.2. The number of carbonyl (C=O) groups is 2. The number of nitrogens with one attached hydrogen (secondary N) is 2. The first kappa shape index (κ1) is 35.3. The lowest BCUT2D eigenvalue weighted by molar-refractivity contribution is -0.255. The van der Waals surface area contributed by atoms with E-state index in [1.165, 1.54) is 26.2 Å². The van der Waals surface area contributed by atoms with Crippen LogP contribution in [-0.4, -0.2) is 52.1 Å². The summed E-state index contributed by atoms with van der Waals surface area (Å²) in [7, 11) is 0. The Morgan fingerprint density at radius 1 is 0.878 bits per heavy atom. The summed E-state index contributed by atoms with van der Waals surface area (Å²) in [5.74, 6) is 0.674. The molecule has 6 rings (SSSR count). The summed E-state index contributed by atoms with van der Waals surface area (Å²) in [6.45, 7) is 8.81. The van der Waals surface area contributed by atoms with Crippen molar-refractivity contribution in [1.82, 2.24) is 15.5 Å². The highest BCUT2D eigenvalue weighted by Crippen LogP contribution is 2.42. The van der Waals surface area contributed by atoms with Crippen molar-refractivity contribution in [2.24, 2.45) is 5.92 Å². The molecule has 1 aliphatic carbocycles. The van der Waals surface area contributed by atoms with E-state index in [-0.39, 0.29) is 42.2 Å². The molecular weight excluding hydrogens is 614 g/mol. The van der Waals surface area contributed by atoms with E-state index >= 15 is 0 Å². The standard InChI is InChI=1S/C41H53N3O5/c1-27(46)42-24-33-10-5-7-11-35(33)29-17-19-32(20-18-29)40-48-34(23-38(49-40)31-15-13-28(26-45)14-16-31)25-44-36-12-8-6-9-30(36)21-22-37(44)39(47)43-41(2,3)4/h5,7,10-11,13-20,30,34,36-38,40,45H,6,8-9,12,21-26H2,1-4H3,(H,42,46)(H,43,47)/t30-,34-,36-,37-,38+,40+/m1/s1. The molecule has 2 amide bonds. The number of aliphatic hydroxyl groups excluding tert-OH is 1. The van der Waals surface area contributed by atoms with Crippen LogP contribution in [0.1, 0.15) is 107 Å². The van der Waals surface area contributed by atoms with Crippen molar-refractivity contribution < 1.29 is 24.2 Å². The number of nitrogens with zero attached hydrogens (tertiary/aromatic N) is 1. The van der Waals surface area contributed by atoms with Crippen molar-refractivity contribution in [3.63, 3.8) is 0 Å². The number of rotatable bonds is 9. The maximum Gasteiger partial charge on any atom is 0.237 e. The predicted octanol–water partition coefficient (Wildman–Crippen LogP) is 6.97. The molecule has 3 aliphatic rings. The number of hydrogen-bond donors (Lipinski definition) is 3. The molecule has 3 aromatic carbocycles. The van der Waals surface area contributed by atoms with Crippen LogP contribution in [0, 0.1) is 5.92 Å². The molecule has 0 radical (unpaired) electrons. The summed E-state index contributed by atoms with van der Waals surface area (Å²) in [6.07, 6.45) is 6.51. The maximum absolute atomic E-state index is 13.8. The number of likely N-dealkylation sites (tertiary alicyclic amines) is 1. The number of piperidine rings is 1. The van der Waals surface area contributed by atoms with Crippen LogP contribution in [0.5, 0.6) is 0 Å². The summed E-state index contributed by atoms with van der Waals surface area (Å²) in [6, 6.07) is 24.6. The van der Waals surface area contributed by atoms with E-state index in [1.807, 2.05) is 63.2 Å². The average Bonchev–Trinajstić information content (AvgIpc) is 3.10. The first-order valence-electron chi connectivity index (χ1n) is 18.1. The molecule has 262 valence electrons. The molecule has 49 heavy (non-hydrogen) atoms. The number of ether oxygens (including phenoxy) is 2. The van der Waals surface area contributed by atoms with Crippen molar-refractivity contribution >= 4 is 11.8 Å². The lowest BCUT2D eigenvalue weighted by Crippen LogP contribution is -2.61. The number of amides is 2. The molecule has 6 atom stereocenters. The van der Waals surface area contributed by atoms with Gasteiger partial charge in [-0.2, -0.15) is 0 Å². The SMILES string of the molecule is CC(=O)NCc1ccccc1-c1ccc([C@H]2O[C@@H](CN3[C@@H](C(=O)NC(C)(C)C)CC[C@H]4CCCC[C@H]43)C[C@@H](c3ccc(CO)cc3)O2)cc1. The fourth-order valence-electron chi connectivity index (χ4n) is 7.99. The monoisotopic (exact) mass is 667 g/mol. The van der Waals surface area contributed by atoms with Crippen LogP contribution in [0.4, 0.5) is 0 Å². The van der Waals surface area contributed by atoms with Crippen LogP contribution >= 0.6 is 0 Å². The van der Waals surface area contributed by atoms with Gasteiger partial charge in [-0.3, -0.25) is 14.5 Å². The molecule has 8 heteroatoms. The van der Waals surface area contributed by atoms with Crippen LogP contribution in [-0.2, 0) is 32.2 Å². The van der Waals surface area contributed by atoms with Gasteiger partial charge in [-0.25, -0.2) is 0 Å². The molecule has 8 nitrogen and oxygen atoms in total. The van der Waals surface area contributed by atoms with Crippen LogP contribution in [0.3, 0.4) is 0 Å². The Balaban J connectivity index is 1.27. The molecular formula is C41H53N3O5. The largest absolute Gasteiger partial charge is 0.392 e. The van der Waals surface area contributed by atoms with Crippen LogP contribution in [0.25, 0.3) is 11.1 Å². The maximum atomic E-state index is 13.8. The number of fused-ring (bicyclic) bond motifs is 1. The zero-order valence-electron chi connectivity index (χ0n) is 29.5. The quantitative estimate of drug-likeness (QED) is 0.228. The summed E-state index contributed by atoms with van der Waals surface area (Å²) in [4.78, 5) is 27.8. The third kappa shape index (κ3) is 8.79. The van der Waals surface area contributed by atoms with Crippen LogP contribution in [0.2, 0.25) is 0 Å². The van der Waals surface area contributed by atoms with Gasteiger partial charge in [-0.15, -0.1) is 0 Å². The van der Waals surface area contributed by atoms with Crippen molar-refractivity contribution in [2.75, 3.05) is 6.54 Å². The van der Waals surface area contributed by atoms with Gasteiger partial charge in [-0.1, -0.05) is 85.6 Å². The third-order valence-corrected chi connectivity index (χ3v) is 10.4. The van der Waals surface area contributed by atoms with Gasteiger partial charge in [0, 0.05) is 43.6 Å². The van der Waals surface area contributed by atoms with Crippen molar-refractivity contribution in [3.05, 3.63) is 95.1 Å². The highest BCUT2D eigenvalue weighted by Gasteiger charge is 2.44. The zero-order valence-corrected chi connectivity index (χ0v) is 29.5. The zero-order chi connectivity index (χ0) is 34.5. The molecule has 0 aromatic heterocycles. The van der Waals surface area contributed by atoms with Gasteiger partial charge < -0.3 is 25.2 Å². The van der Waals surface area contributed by atoms with Gasteiger partial charge >= 0.3 is 0 Å². The van der Waals surface area contributed by atoms with Gasteiger partial charge in [-0.05, 0) is 80.2 Å². The Kier molecular flexibility index (Phi) is 11.2. The summed E-state index contributed by atoms with van der Waals surface area (Å²) in [5.41, 5.74) is 5.72. The predicted molar refractivity (Wildman–Crippen MR) is 191 cm³/mol. The Morgan fingerprint density at radius 2 is 1.59 bits per heavy atom. The van der Waals surface area contributed by atoms with Gasteiger partial charge in [0.15, 0.2) is 6.29 Å². The Bertz CT molecular complexity index is 1570. The van der Waals surface area contributed by atoms with Crippen molar-refractivity contribution in [3.8, 4) is 11.1 Å². The fraction of sp³-hybridized carbons (Fsp3) is 0.512. The van der Waals surface area contributed by atoms with E-state index in [0.717, 1.165) is 52.6 Å². The topological polar surface area (TPSA) is 100 Å². The second kappa shape index (κ2) is 15.5. The molecule has 3 aromatic rings. The van der Waals surface area contributed by atoms with Crippen molar-refractivity contribution in [2.45, 2.75) is 122 Å². The molecule has 3 N–H and O–H groups in total. The lowest BCUT2D eigenvalue weighted by atomic mass is 9.75. The minimum absolute atomic E-state index is 0.00398. The number of aliphatic hydroxyl groups is 1. The van der Waals surface area contributed by atoms with Gasteiger partial charge in [0.2, 0.25) is 11.8 Å². The molecule has 1 saturated carbocycles. The minimum Gasteiger partial charge on any atom is -0.392 e. The molecule has 0 unspecified atom stereocenters. The highest BCUT2D eigenvalue weighted by molar-refractivity contribution is 5.82. The fourth-order valence-corrected chi connectivity index (χ4v) is 7.99. The van der Waals surface area contributed by atoms with Crippen molar-refractivity contribution in [1.29, 1.82) is 0 Å². The second-order valence-corrected chi connectivity index (χ2v) is 15.2. The van der Waals surface area contributed by atoms with Gasteiger partial charge in [0.25, 0.3) is 0 Å². The average molecular weight is 668 g/mol. The molecule has 3 fully saturated rings. The summed E-state index contributed by atoms with van der Waals surface area (Å²) >= 11 is 0. The number of benzene rings is 3. The molecule has 2 aliphatic heterocycles. The van der Waals surface area contributed by atoms with E-state index in [2.05, 4.69) is 45.9 Å². The third-order valence-electron chi connectivity index (χ3n) is 10.4. The highest BCUT2D eigenvalue weighted by atomic mass is 16.7. The normalized spacial score (nSPS) is 26.1. The first-order valence-corrected chi connectivity index (χ1v) is 18.1. The molecule has 2 heterocycles. The molecule has 2 saturated heterocycles. The lowest BCUT2D eigenvalue weighted by Gasteiger charge is -2.50. The molecule has 0 bridgehead atoms. The van der Waals surface area contributed by atoms with Crippen LogP contribution < -0.4 is 10.6 Å². The van der Waals surface area contributed by atoms with E-state index in [9.17, 15) is 14.7 Å². The summed E-state index contributed by atoms with van der Waals surface area (Å²) < 4.78 is 13.5. The Hall–Kier alpha value is -3.56. The smallest absolute Gasteiger partial charge is 0.237 e. The number of carbonyl (C=O) groups excluding carboxylic acids is 2. The molecule has 0 spiro atoms. The van der Waals surface area contributed by atoms with E-state index < -0.39 is 6.29 Å². The Morgan fingerprint density at radius 3 is 2.31 bits per heavy atom. The van der Waals surface area contributed by atoms with Crippen LogP contribution in [0.15, 0.2) is 72.8 Å². The Labute approximate surface area is 291 Å². The summed E-state index contributed by atoms with van der Waals surface area (Å²) in [5, 5.41) is 15.9. The van der Waals surface area contributed by atoms with Gasteiger partial charge in [0.1, 0.15) is 0 Å². The number of hydrogen-bond acceptors (Lipinski definition) is 6. The van der Waals surface area contributed by atoms with E-state index in [1.54, 1.807) is 0 Å². The van der Waals surface area contributed by atoms with Gasteiger partial charge in [0.05, 0.1) is 24.9 Å². The van der Waals surface area contributed by atoms with E-state index in [0.29, 0.717) is 31.5 Å².